The van der Waals surface area contributed by atoms with Crippen LogP contribution in [-0.4, -0.2) is 39.1 Å². The largest absolute Gasteiger partial charge is 0.397 e. The van der Waals surface area contributed by atoms with Crippen molar-refractivity contribution < 1.29 is 4.39 Å². The van der Waals surface area contributed by atoms with E-state index in [1.807, 2.05) is 26.0 Å². The first-order valence-electron chi connectivity index (χ1n) is 4.91. The molecule has 0 radical (unpaired) electrons. The number of nitrogen functional groups attached to an aromatic ring is 1. The maximum atomic E-state index is 13.0. The van der Waals surface area contributed by atoms with Gasteiger partial charge in [0.2, 0.25) is 0 Å². The molecule has 0 saturated carbocycles. The van der Waals surface area contributed by atoms with Gasteiger partial charge in [-0.1, -0.05) is 0 Å². The van der Waals surface area contributed by atoms with Crippen LogP contribution in [0.2, 0.25) is 0 Å². The lowest BCUT2D eigenvalue weighted by Gasteiger charge is -2.22. The number of hydrogen-bond acceptors (Lipinski definition) is 3. The predicted molar refractivity (Wildman–Crippen MR) is 62.6 cm³/mol. The molecule has 0 aliphatic rings. The summed E-state index contributed by atoms with van der Waals surface area (Å²) in [6.07, 6.45) is 0. The highest BCUT2D eigenvalue weighted by Gasteiger charge is 2.06. The molecule has 1 aromatic carbocycles. The molecule has 0 fully saturated rings. The number of nitrogens with zero attached hydrogens (tertiary/aromatic N) is 2. The average molecular weight is 211 g/mol. The second-order valence-corrected chi connectivity index (χ2v) is 3.93. The van der Waals surface area contributed by atoms with E-state index in [-0.39, 0.29) is 5.82 Å². The minimum atomic E-state index is -0.254. The van der Waals surface area contributed by atoms with E-state index in [0.29, 0.717) is 5.69 Å². The Morgan fingerprint density at radius 3 is 2.47 bits per heavy atom. The molecule has 0 aromatic heterocycles. The highest BCUT2D eigenvalue weighted by atomic mass is 19.1. The van der Waals surface area contributed by atoms with Gasteiger partial charge in [-0.25, -0.2) is 4.39 Å². The van der Waals surface area contributed by atoms with Crippen LogP contribution in [-0.2, 0) is 0 Å². The molecule has 1 rings (SSSR count). The van der Waals surface area contributed by atoms with E-state index >= 15 is 0 Å². The molecule has 1 aromatic rings. The van der Waals surface area contributed by atoms with Crippen LogP contribution in [0.4, 0.5) is 15.8 Å². The van der Waals surface area contributed by atoms with E-state index in [4.69, 9.17) is 5.73 Å². The van der Waals surface area contributed by atoms with Gasteiger partial charge < -0.3 is 15.5 Å². The number of halogens is 1. The van der Waals surface area contributed by atoms with Crippen LogP contribution in [0, 0.1) is 5.82 Å². The Bertz CT molecular complexity index is 326. The van der Waals surface area contributed by atoms with Crippen LogP contribution in [0.1, 0.15) is 0 Å². The molecule has 0 aliphatic carbocycles. The van der Waals surface area contributed by atoms with Crippen molar-refractivity contribution in [3.63, 3.8) is 0 Å². The maximum absolute atomic E-state index is 13.0. The lowest BCUT2D eigenvalue weighted by Crippen LogP contribution is -2.29. The van der Waals surface area contributed by atoms with E-state index in [1.54, 1.807) is 6.07 Å². The molecular formula is C11H18FN3. The molecule has 0 saturated heterocycles. The van der Waals surface area contributed by atoms with Gasteiger partial charge in [0.15, 0.2) is 0 Å². The molecule has 15 heavy (non-hydrogen) atoms. The van der Waals surface area contributed by atoms with Gasteiger partial charge in [-0.05, 0) is 32.3 Å². The summed E-state index contributed by atoms with van der Waals surface area (Å²) in [6.45, 7) is 1.73. The first-order chi connectivity index (χ1) is 7.00. The molecule has 0 bridgehead atoms. The van der Waals surface area contributed by atoms with Crippen LogP contribution in [0.15, 0.2) is 18.2 Å². The van der Waals surface area contributed by atoms with Crippen LogP contribution >= 0.6 is 0 Å². The lowest BCUT2D eigenvalue weighted by molar-refractivity contribution is 0.416. The third-order valence-electron chi connectivity index (χ3n) is 2.29. The number of nitrogens with two attached hydrogens (primary N) is 1. The Balaban J connectivity index is 2.72. The summed E-state index contributed by atoms with van der Waals surface area (Å²) < 4.78 is 13.0. The van der Waals surface area contributed by atoms with Crippen molar-refractivity contribution in [3.05, 3.63) is 24.0 Å². The molecular weight excluding hydrogens is 193 g/mol. The van der Waals surface area contributed by atoms with Gasteiger partial charge in [0.1, 0.15) is 5.82 Å². The first-order valence-corrected chi connectivity index (χ1v) is 4.91. The summed E-state index contributed by atoms with van der Waals surface area (Å²) in [5, 5.41) is 0. The minimum absolute atomic E-state index is 0.254. The third kappa shape index (κ3) is 3.40. The smallest absolute Gasteiger partial charge is 0.125 e. The fourth-order valence-electron chi connectivity index (χ4n) is 1.32. The van der Waals surface area contributed by atoms with E-state index in [9.17, 15) is 4.39 Å². The molecule has 0 spiro atoms. The first kappa shape index (κ1) is 11.8. The van der Waals surface area contributed by atoms with Crippen molar-refractivity contribution in [2.45, 2.75) is 0 Å². The maximum Gasteiger partial charge on any atom is 0.125 e. The second kappa shape index (κ2) is 4.98. The molecule has 0 unspecified atom stereocenters. The van der Waals surface area contributed by atoms with Crippen LogP contribution in [0.5, 0.6) is 0 Å². The molecule has 3 nitrogen and oxygen atoms in total. The van der Waals surface area contributed by atoms with E-state index in [1.165, 1.54) is 12.1 Å². The number of rotatable bonds is 4. The average Bonchev–Trinajstić information content (AvgIpc) is 2.18. The van der Waals surface area contributed by atoms with Crippen molar-refractivity contribution in [3.8, 4) is 0 Å². The summed E-state index contributed by atoms with van der Waals surface area (Å²) >= 11 is 0. The van der Waals surface area contributed by atoms with Gasteiger partial charge in [-0.3, -0.25) is 0 Å². The summed E-state index contributed by atoms with van der Waals surface area (Å²) in [5.41, 5.74) is 7.13. The van der Waals surface area contributed by atoms with Gasteiger partial charge in [0.05, 0.1) is 11.4 Å². The van der Waals surface area contributed by atoms with Crippen LogP contribution in [0.25, 0.3) is 0 Å². The normalized spacial score (nSPS) is 10.7. The number of benzene rings is 1. The van der Waals surface area contributed by atoms with Gasteiger partial charge >= 0.3 is 0 Å². The number of likely N-dealkylation sites (N-methyl/N-ethyl adjacent to an activating group) is 2. The van der Waals surface area contributed by atoms with Crippen LogP contribution < -0.4 is 10.6 Å². The molecule has 0 amide bonds. The molecule has 84 valence electrons. The van der Waals surface area contributed by atoms with E-state index in [0.717, 1.165) is 18.8 Å². The SMILES string of the molecule is CN(C)CCN(C)c1cc(F)ccc1N. The predicted octanol–water partition coefficient (Wildman–Crippen LogP) is 1.41. The zero-order valence-corrected chi connectivity index (χ0v) is 9.50. The Hall–Kier alpha value is -1.29. The topological polar surface area (TPSA) is 32.5 Å². The van der Waals surface area contributed by atoms with Gasteiger partial charge in [0.25, 0.3) is 0 Å². The zero-order valence-electron chi connectivity index (χ0n) is 9.50. The van der Waals surface area contributed by atoms with Crippen LogP contribution in [0.3, 0.4) is 0 Å². The molecule has 0 aliphatic heterocycles. The monoisotopic (exact) mass is 211 g/mol. The standard InChI is InChI=1S/C11H18FN3/c1-14(2)6-7-15(3)11-8-9(12)4-5-10(11)13/h4-5,8H,6-7,13H2,1-3H3. The van der Waals surface area contributed by atoms with Gasteiger partial charge in [0, 0.05) is 20.1 Å². The summed E-state index contributed by atoms with van der Waals surface area (Å²) in [6, 6.07) is 4.43. The second-order valence-electron chi connectivity index (χ2n) is 3.93. The Morgan fingerprint density at radius 1 is 1.20 bits per heavy atom. The highest BCUT2D eigenvalue weighted by molar-refractivity contribution is 5.67. The molecule has 0 heterocycles. The van der Waals surface area contributed by atoms with Crippen molar-refractivity contribution in [2.24, 2.45) is 0 Å². The lowest BCUT2D eigenvalue weighted by atomic mass is 10.2. The fourth-order valence-corrected chi connectivity index (χ4v) is 1.32. The molecule has 0 atom stereocenters. The number of hydrogen-bond donors (Lipinski definition) is 1. The van der Waals surface area contributed by atoms with Crippen molar-refractivity contribution in [1.82, 2.24) is 4.90 Å². The highest BCUT2D eigenvalue weighted by Crippen LogP contribution is 2.22. The Labute approximate surface area is 90.3 Å². The Morgan fingerprint density at radius 2 is 1.87 bits per heavy atom. The summed E-state index contributed by atoms with van der Waals surface area (Å²) in [4.78, 5) is 4.03. The quantitative estimate of drug-likeness (QED) is 0.764. The van der Waals surface area contributed by atoms with Crippen molar-refractivity contribution >= 4 is 11.4 Å². The van der Waals surface area contributed by atoms with E-state index in [2.05, 4.69) is 4.90 Å². The zero-order chi connectivity index (χ0) is 11.4. The third-order valence-corrected chi connectivity index (χ3v) is 2.29. The Kier molecular flexibility index (Phi) is 3.91. The summed E-state index contributed by atoms with van der Waals surface area (Å²) in [7, 11) is 5.92. The minimum Gasteiger partial charge on any atom is -0.397 e. The number of anilines is 2. The van der Waals surface area contributed by atoms with Crippen molar-refractivity contribution in [1.29, 1.82) is 0 Å². The fraction of sp³-hybridized carbons (Fsp3) is 0.455. The molecule has 2 N–H and O–H groups in total. The van der Waals surface area contributed by atoms with E-state index < -0.39 is 0 Å². The molecule has 4 heteroatoms. The van der Waals surface area contributed by atoms with Gasteiger partial charge in [-0.2, -0.15) is 0 Å². The van der Waals surface area contributed by atoms with Gasteiger partial charge in [-0.15, -0.1) is 0 Å². The van der Waals surface area contributed by atoms with Crippen molar-refractivity contribution in [2.75, 3.05) is 44.9 Å². The summed E-state index contributed by atoms with van der Waals surface area (Å²) in [5.74, 6) is -0.254.